The molecular weight excluding hydrogens is 282 g/mol. The first-order valence-corrected chi connectivity index (χ1v) is 6.80. The average molecular weight is 290 g/mol. The minimum atomic E-state index is -0.590. The first-order chi connectivity index (χ1) is 8.06. The Labute approximate surface area is 111 Å². The first-order valence-electron chi connectivity index (χ1n) is 4.62. The number of hydrogen-bond donors (Lipinski definition) is 1. The Morgan fingerprint density at radius 3 is 2.94 bits per heavy atom. The van der Waals surface area contributed by atoms with E-state index < -0.39 is 5.91 Å². The van der Waals surface area contributed by atoms with E-state index in [1.54, 1.807) is 6.07 Å². The molecule has 0 radical (unpaired) electrons. The molecule has 2 heterocycles. The van der Waals surface area contributed by atoms with Crippen molar-refractivity contribution in [1.82, 2.24) is 5.01 Å². The van der Waals surface area contributed by atoms with Crippen LogP contribution in [0.2, 0.25) is 4.34 Å². The Balaban J connectivity index is 2.23. The minimum absolute atomic E-state index is 0.200. The molecule has 2 rings (SSSR count). The molecule has 17 heavy (non-hydrogen) atoms. The predicted octanol–water partition coefficient (Wildman–Crippen LogP) is 1.76. The number of nitrogens with zero attached hydrogens (tertiary/aromatic N) is 2. The van der Waals surface area contributed by atoms with Crippen LogP contribution in [0, 0.1) is 0 Å². The number of thioether (sulfide) groups is 1. The van der Waals surface area contributed by atoms with Gasteiger partial charge < -0.3 is 5.73 Å². The quantitative estimate of drug-likeness (QED) is 0.921. The summed E-state index contributed by atoms with van der Waals surface area (Å²) in [5, 5.41) is 4.93. The first kappa shape index (κ1) is 12.4. The second-order valence-electron chi connectivity index (χ2n) is 3.23. The highest BCUT2D eigenvalue weighted by molar-refractivity contribution is 8.14. The Bertz CT molecular complexity index is 500. The van der Waals surface area contributed by atoms with Gasteiger partial charge in [-0.15, -0.1) is 11.3 Å². The third-order valence-corrected chi connectivity index (χ3v) is 4.10. The number of carbonyl (C=O) groups excluding carboxylic acids is 2. The van der Waals surface area contributed by atoms with Crippen molar-refractivity contribution in [2.24, 2.45) is 10.8 Å². The van der Waals surface area contributed by atoms with Crippen molar-refractivity contribution in [2.45, 2.75) is 0 Å². The summed E-state index contributed by atoms with van der Waals surface area (Å²) in [6.07, 6.45) is 0. The maximum atomic E-state index is 11.5. The van der Waals surface area contributed by atoms with Crippen LogP contribution in [0.4, 0.5) is 4.79 Å². The van der Waals surface area contributed by atoms with E-state index in [1.165, 1.54) is 11.3 Å². The van der Waals surface area contributed by atoms with Gasteiger partial charge >= 0.3 is 5.24 Å². The van der Waals surface area contributed by atoms with Gasteiger partial charge in [-0.3, -0.25) is 9.59 Å². The summed E-state index contributed by atoms with van der Waals surface area (Å²) >= 11 is 8.31. The highest BCUT2D eigenvalue weighted by atomic mass is 35.5. The molecule has 0 saturated carbocycles. The fraction of sp³-hybridized carbons (Fsp3) is 0.222. The topological polar surface area (TPSA) is 75.8 Å². The van der Waals surface area contributed by atoms with Gasteiger partial charge in [-0.2, -0.15) is 5.10 Å². The molecule has 0 aliphatic carbocycles. The van der Waals surface area contributed by atoms with E-state index in [9.17, 15) is 9.59 Å². The molecule has 5 nitrogen and oxygen atoms in total. The SMILES string of the molecule is NC(=O)CN1N=C(c2ccc(Cl)s2)CSC1=O. The highest BCUT2D eigenvalue weighted by Gasteiger charge is 2.23. The molecule has 0 bridgehead atoms. The molecular formula is C9H8ClN3O2S2. The Morgan fingerprint density at radius 1 is 1.59 bits per heavy atom. The van der Waals surface area contributed by atoms with Gasteiger partial charge in [-0.05, 0) is 12.1 Å². The predicted molar refractivity (Wildman–Crippen MR) is 69.6 cm³/mol. The largest absolute Gasteiger partial charge is 0.368 e. The summed E-state index contributed by atoms with van der Waals surface area (Å²) in [7, 11) is 0. The molecule has 2 amide bonds. The smallest absolute Gasteiger partial charge is 0.302 e. The van der Waals surface area contributed by atoms with E-state index in [0.29, 0.717) is 10.1 Å². The molecule has 0 unspecified atom stereocenters. The lowest BCUT2D eigenvalue weighted by Crippen LogP contribution is -2.36. The van der Waals surface area contributed by atoms with Gasteiger partial charge in [0.25, 0.3) is 0 Å². The molecule has 8 heteroatoms. The van der Waals surface area contributed by atoms with E-state index in [1.807, 2.05) is 6.07 Å². The van der Waals surface area contributed by atoms with Crippen LogP contribution in [0.25, 0.3) is 0 Å². The number of carbonyl (C=O) groups is 2. The second-order valence-corrected chi connectivity index (χ2v) is 5.87. The molecule has 2 N–H and O–H groups in total. The van der Waals surface area contributed by atoms with Crippen molar-refractivity contribution in [3.63, 3.8) is 0 Å². The maximum absolute atomic E-state index is 11.5. The fourth-order valence-corrected chi connectivity index (χ4v) is 3.10. The summed E-state index contributed by atoms with van der Waals surface area (Å²) in [5.74, 6) is -0.113. The number of nitrogens with two attached hydrogens (primary N) is 1. The van der Waals surface area contributed by atoms with E-state index in [-0.39, 0.29) is 11.8 Å². The summed E-state index contributed by atoms with van der Waals surface area (Å²) in [5.41, 5.74) is 5.77. The Morgan fingerprint density at radius 2 is 2.35 bits per heavy atom. The zero-order valence-corrected chi connectivity index (χ0v) is 10.9. The molecule has 0 fully saturated rings. The van der Waals surface area contributed by atoms with Crippen molar-refractivity contribution in [2.75, 3.05) is 12.3 Å². The van der Waals surface area contributed by atoms with Gasteiger partial charge in [0.15, 0.2) is 0 Å². The van der Waals surface area contributed by atoms with Gasteiger partial charge in [0.2, 0.25) is 5.91 Å². The fourth-order valence-electron chi connectivity index (χ4n) is 1.26. The van der Waals surface area contributed by atoms with Crippen LogP contribution in [-0.4, -0.2) is 34.2 Å². The number of rotatable bonds is 3. The number of hydrogen-bond acceptors (Lipinski definition) is 5. The lowest BCUT2D eigenvalue weighted by Gasteiger charge is -2.20. The molecule has 1 aromatic heterocycles. The van der Waals surface area contributed by atoms with Crippen LogP contribution in [0.5, 0.6) is 0 Å². The summed E-state index contributed by atoms with van der Waals surface area (Å²) in [6.45, 7) is -0.200. The van der Waals surface area contributed by atoms with Crippen LogP contribution in [-0.2, 0) is 4.79 Å². The minimum Gasteiger partial charge on any atom is -0.368 e. The molecule has 1 aliphatic rings. The zero-order chi connectivity index (χ0) is 12.4. The lowest BCUT2D eigenvalue weighted by molar-refractivity contribution is -0.118. The molecule has 0 aromatic carbocycles. The van der Waals surface area contributed by atoms with Crippen molar-refractivity contribution < 1.29 is 9.59 Å². The van der Waals surface area contributed by atoms with E-state index >= 15 is 0 Å². The highest BCUT2D eigenvalue weighted by Crippen LogP contribution is 2.26. The number of primary amides is 1. The van der Waals surface area contributed by atoms with Crippen LogP contribution in [0.15, 0.2) is 17.2 Å². The van der Waals surface area contributed by atoms with E-state index in [4.69, 9.17) is 17.3 Å². The van der Waals surface area contributed by atoms with Gasteiger partial charge in [-0.1, -0.05) is 23.4 Å². The summed E-state index contributed by atoms with van der Waals surface area (Å²) < 4.78 is 0.658. The zero-order valence-electron chi connectivity index (χ0n) is 8.55. The van der Waals surface area contributed by atoms with Gasteiger partial charge in [-0.25, -0.2) is 5.01 Å². The number of halogens is 1. The average Bonchev–Trinajstić information content (AvgIpc) is 2.67. The monoisotopic (exact) mass is 289 g/mol. The molecule has 1 aromatic rings. The standard InChI is InChI=1S/C9H8ClN3O2S2/c10-7-2-1-6(17-7)5-4-16-9(15)13(12-5)3-8(11)14/h1-2H,3-4H2,(H2,11,14). The van der Waals surface area contributed by atoms with Gasteiger partial charge in [0, 0.05) is 5.75 Å². The van der Waals surface area contributed by atoms with Crippen molar-refractivity contribution >= 4 is 51.6 Å². The van der Waals surface area contributed by atoms with E-state index in [2.05, 4.69) is 5.10 Å². The van der Waals surface area contributed by atoms with Crippen LogP contribution < -0.4 is 5.73 Å². The molecule has 0 atom stereocenters. The van der Waals surface area contributed by atoms with Crippen LogP contribution >= 0.6 is 34.7 Å². The number of amides is 2. The van der Waals surface area contributed by atoms with Crippen molar-refractivity contribution in [3.05, 3.63) is 21.3 Å². The van der Waals surface area contributed by atoms with Crippen molar-refractivity contribution in [3.8, 4) is 0 Å². The van der Waals surface area contributed by atoms with E-state index in [0.717, 1.165) is 27.4 Å². The molecule has 1 aliphatic heterocycles. The van der Waals surface area contributed by atoms with Crippen LogP contribution in [0.3, 0.4) is 0 Å². The van der Waals surface area contributed by atoms with Crippen molar-refractivity contribution in [1.29, 1.82) is 0 Å². The second kappa shape index (κ2) is 5.07. The maximum Gasteiger partial charge on any atom is 0.302 e. The Kier molecular flexibility index (Phi) is 3.70. The number of thiophene rings is 1. The van der Waals surface area contributed by atoms with Gasteiger partial charge in [0.1, 0.15) is 6.54 Å². The normalized spacial score (nSPS) is 15.9. The van der Waals surface area contributed by atoms with Crippen LogP contribution in [0.1, 0.15) is 4.88 Å². The summed E-state index contributed by atoms with van der Waals surface area (Å²) in [4.78, 5) is 23.1. The Hall–Kier alpha value is -1.05. The third-order valence-electron chi connectivity index (χ3n) is 1.95. The van der Waals surface area contributed by atoms with Gasteiger partial charge in [0.05, 0.1) is 14.9 Å². The molecule has 0 saturated heterocycles. The number of hydrazone groups is 1. The molecule has 90 valence electrons. The third kappa shape index (κ3) is 2.99. The summed E-state index contributed by atoms with van der Waals surface area (Å²) in [6, 6.07) is 3.61. The molecule has 0 spiro atoms. The lowest BCUT2D eigenvalue weighted by atomic mass is 10.3.